The Morgan fingerprint density at radius 3 is 2.33 bits per heavy atom. The van der Waals surface area contributed by atoms with Crippen LogP contribution >= 0.6 is 15.9 Å². The van der Waals surface area contributed by atoms with Gasteiger partial charge in [-0.1, -0.05) is 28.1 Å². The van der Waals surface area contributed by atoms with E-state index in [1.807, 2.05) is 0 Å². The van der Waals surface area contributed by atoms with E-state index in [1.54, 1.807) is 37.4 Å². The van der Waals surface area contributed by atoms with Gasteiger partial charge in [0.05, 0.1) is 4.90 Å². The number of halogens is 1. The number of sulfonamides is 1. The van der Waals surface area contributed by atoms with Gasteiger partial charge >= 0.3 is 0 Å². The zero-order valence-electron chi connectivity index (χ0n) is 10.2. The smallest absolute Gasteiger partial charge is 0.240 e. The Kier molecular flexibility index (Phi) is 5.97. The van der Waals surface area contributed by atoms with E-state index in [9.17, 15) is 12.6 Å². The van der Waals surface area contributed by atoms with Crippen molar-refractivity contribution < 1.29 is 12.6 Å². The summed E-state index contributed by atoms with van der Waals surface area (Å²) >= 11 is 3.30. The third-order valence-corrected chi connectivity index (χ3v) is 5.90. The summed E-state index contributed by atoms with van der Waals surface area (Å²) in [7, 11) is -4.55. The summed E-state index contributed by atoms with van der Waals surface area (Å²) in [5, 5.41) is 0.480. The normalized spacial score (nSPS) is 15.3. The minimum Gasteiger partial charge on any atom is -0.260 e. The second-order valence-electron chi connectivity index (χ2n) is 3.94. The molecule has 0 amide bonds. The summed E-state index contributed by atoms with van der Waals surface area (Å²) in [4.78, 5) is 0.223. The average molecular weight is 354 g/mol. The van der Waals surface area contributed by atoms with Crippen molar-refractivity contribution in [2.24, 2.45) is 0 Å². The SMILES string of the molecule is CC(CNS(=O)(=O)c1ccc(CBr)cc1)S(C)=O. The fourth-order valence-electron chi connectivity index (χ4n) is 1.19. The van der Waals surface area contributed by atoms with E-state index >= 15 is 0 Å². The van der Waals surface area contributed by atoms with Crippen molar-refractivity contribution in [2.45, 2.75) is 22.4 Å². The summed E-state index contributed by atoms with van der Waals surface area (Å²) in [5.41, 5.74) is 1.01. The fourth-order valence-corrected chi connectivity index (χ4v) is 3.11. The van der Waals surface area contributed by atoms with Crippen LogP contribution in [0.2, 0.25) is 0 Å². The maximum absolute atomic E-state index is 11.9. The zero-order valence-corrected chi connectivity index (χ0v) is 13.4. The first-order valence-corrected chi connectivity index (χ1v) is 9.56. The van der Waals surface area contributed by atoms with Crippen LogP contribution in [0.15, 0.2) is 29.2 Å². The molecule has 0 spiro atoms. The number of benzene rings is 1. The largest absolute Gasteiger partial charge is 0.260 e. The lowest BCUT2D eigenvalue weighted by atomic mass is 10.2. The molecular formula is C11H16BrNO3S2. The van der Waals surface area contributed by atoms with E-state index in [-0.39, 0.29) is 16.7 Å². The van der Waals surface area contributed by atoms with Gasteiger partial charge < -0.3 is 0 Å². The van der Waals surface area contributed by atoms with Crippen LogP contribution in [0.4, 0.5) is 0 Å². The van der Waals surface area contributed by atoms with Gasteiger partial charge in [0.15, 0.2) is 0 Å². The van der Waals surface area contributed by atoms with Crippen molar-refractivity contribution in [3.63, 3.8) is 0 Å². The molecule has 0 aliphatic carbocycles. The Labute approximate surface area is 119 Å². The first-order chi connectivity index (χ1) is 8.36. The predicted molar refractivity (Wildman–Crippen MR) is 77.8 cm³/mol. The molecule has 4 nitrogen and oxygen atoms in total. The lowest BCUT2D eigenvalue weighted by Crippen LogP contribution is -2.32. The fraction of sp³-hybridized carbons (Fsp3) is 0.455. The van der Waals surface area contributed by atoms with Crippen LogP contribution < -0.4 is 4.72 Å². The van der Waals surface area contributed by atoms with Crippen LogP contribution in [0.25, 0.3) is 0 Å². The summed E-state index contributed by atoms with van der Waals surface area (Å²) < 4.78 is 37.5. The Balaban J connectivity index is 2.76. The standard InChI is InChI=1S/C11H16BrNO3S2/c1-9(17(2)14)8-13-18(15,16)11-5-3-10(7-12)4-6-11/h3-6,9,13H,7-8H2,1-2H3. The van der Waals surface area contributed by atoms with Crippen molar-refractivity contribution in [3.05, 3.63) is 29.8 Å². The lowest BCUT2D eigenvalue weighted by Gasteiger charge is -2.10. The molecule has 0 heterocycles. The van der Waals surface area contributed by atoms with Crippen molar-refractivity contribution in [1.82, 2.24) is 4.72 Å². The Bertz CT molecular complexity index is 514. The molecule has 1 N–H and O–H groups in total. The van der Waals surface area contributed by atoms with Crippen LogP contribution in [-0.2, 0) is 26.2 Å². The highest BCUT2D eigenvalue weighted by atomic mass is 79.9. The van der Waals surface area contributed by atoms with Gasteiger partial charge in [-0.3, -0.25) is 4.21 Å². The molecule has 1 rings (SSSR count). The third-order valence-electron chi connectivity index (χ3n) is 2.52. The second-order valence-corrected chi connectivity index (χ2v) is 8.07. The molecule has 0 fully saturated rings. The van der Waals surface area contributed by atoms with Crippen molar-refractivity contribution >= 4 is 36.8 Å². The Hall–Kier alpha value is -0.240. The van der Waals surface area contributed by atoms with E-state index in [0.29, 0.717) is 5.33 Å². The minimum atomic E-state index is -3.51. The number of hydrogen-bond acceptors (Lipinski definition) is 3. The van der Waals surface area contributed by atoms with E-state index in [0.717, 1.165) is 5.56 Å². The molecule has 7 heteroatoms. The first kappa shape index (κ1) is 15.8. The van der Waals surface area contributed by atoms with Gasteiger partial charge in [0, 0.05) is 34.2 Å². The Morgan fingerprint density at radius 2 is 1.89 bits per heavy atom. The molecule has 0 saturated heterocycles. The molecule has 0 bridgehead atoms. The highest BCUT2D eigenvalue weighted by Crippen LogP contribution is 2.12. The third kappa shape index (κ3) is 4.46. The maximum Gasteiger partial charge on any atom is 0.240 e. The van der Waals surface area contributed by atoms with Crippen LogP contribution in [-0.4, -0.2) is 30.7 Å². The second kappa shape index (κ2) is 6.79. The van der Waals surface area contributed by atoms with Crippen LogP contribution in [0.1, 0.15) is 12.5 Å². The van der Waals surface area contributed by atoms with Crippen molar-refractivity contribution in [1.29, 1.82) is 0 Å². The van der Waals surface area contributed by atoms with E-state index in [2.05, 4.69) is 20.7 Å². The monoisotopic (exact) mass is 353 g/mol. The molecule has 102 valence electrons. The molecule has 0 aromatic heterocycles. The van der Waals surface area contributed by atoms with Gasteiger partial charge in [-0.2, -0.15) is 0 Å². The van der Waals surface area contributed by atoms with E-state index in [1.165, 1.54) is 0 Å². The minimum absolute atomic E-state index is 0.172. The molecule has 0 saturated carbocycles. The number of nitrogens with one attached hydrogen (secondary N) is 1. The molecule has 18 heavy (non-hydrogen) atoms. The van der Waals surface area contributed by atoms with Crippen LogP contribution in [0.3, 0.4) is 0 Å². The highest BCUT2D eigenvalue weighted by Gasteiger charge is 2.16. The van der Waals surface area contributed by atoms with Crippen LogP contribution in [0.5, 0.6) is 0 Å². The average Bonchev–Trinajstić information content (AvgIpc) is 2.36. The number of hydrogen-bond donors (Lipinski definition) is 1. The lowest BCUT2D eigenvalue weighted by molar-refractivity contribution is 0.580. The topological polar surface area (TPSA) is 63.2 Å². The van der Waals surface area contributed by atoms with Gasteiger partial charge in [0.2, 0.25) is 10.0 Å². The molecule has 0 aliphatic heterocycles. The van der Waals surface area contributed by atoms with Crippen molar-refractivity contribution in [2.75, 3.05) is 12.8 Å². The van der Waals surface area contributed by atoms with Crippen molar-refractivity contribution in [3.8, 4) is 0 Å². The number of alkyl halides is 1. The van der Waals surface area contributed by atoms with E-state index < -0.39 is 20.8 Å². The molecule has 1 aromatic carbocycles. The molecule has 2 unspecified atom stereocenters. The summed E-state index contributed by atoms with van der Waals surface area (Å²) in [5.74, 6) is 0. The van der Waals surface area contributed by atoms with Gasteiger partial charge in [0.1, 0.15) is 0 Å². The summed E-state index contributed by atoms with van der Waals surface area (Å²) in [6, 6.07) is 6.63. The van der Waals surface area contributed by atoms with E-state index in [4.69, 9.17) is 0 Å². The van der Waals surface area contributed by atoms with Gasteiger partial charge in [0.25, 0.3) is 0 Å². The molecular weight excluding hydrogens is 338 g/mol. The Morgan fingerprint density at radius 1 is 1.33 bits per heavy atom. The van der Waals surface area contributed by atoms with Crippen LogP contribution in [0, 0.1) is 0 Å². The molecule has 0 radical (unpaired) electrons. The molecule has 1 aromatic rings. The number of rotatable bonds is 6. The molecule has 0 aliphatic rings. The highest BCUT2D eigenvalue weighted by molar-refractivity contribution is 9.08. The summed E-state index contributed by atoms with van der Waals surface area (Å²) in [6.07, 6.45) is 1.56. The van der Waals surface area contributed by atoms with Gasteiger partial charge in [-0.25, -0.2) is 13.1 Å². The van der Waals surface area contributed by atoms with Gasteiger partial charge in [-0.05, 0) is 24.6 Å². The van der Waals surface area contributed by atoms with Gasteiger partial charge in [-0.15, -0.1) is 0 Å². The molecule has 2 atom stereocenters. The first-order valence-electron chi connectivity index (χ1n) is 5.33. The zero-order chi connectivity index (χ0) is 13.8. The maximum atomic E-state index is 11.9. The quantitative estimate of drug-likeness (QED) is 0.790. The predicted octanol–water partition coefficient (Wildman–Crippen LogP) is 1.63. The summed E-state index contributed by atoms with van der Waals surface area (Å²) in [6.45, 7) is 1.91.